The molecule has 0 heterocycles. The van der Waals surface area contributed by atoms with Gasteiger partial charge < -0.3 is 0 Å². The van der Waals surface area contributed by atoms with Crippen molar-refractivity contribution >= 4 is 5.78 Å². The van der Waals surface area contributed by atoms with Gasteiger partial charge in [0.2, 0.25) is 0 Å². The summed E-state index contributed by atoms with van der Waals surface area (Å²) in [5.74, 6) is 1.85. The fourth-order valence-electron chi connectivity index (χ4n) is 5.92. The zero-order chi connectivity index (χ0) is 16.0. The third kappa shape index (κ3) is 1.57. The van der Waals surface area contributed by atoms with Crippen LogP contribution in [0.2, 0.25) is 0 Å². The first-order chi connectivity index (χ1) is 10.6. The van der Waals surface area contributed by atoms with Crippen LogP contribution in [0.15, 0.2) is 62.8 Å². The van der Waals surface area contributed by atoms with Crippen molar-refractivity contribution in [3.05, 3.63) is 62.8 Å². The first-order valence-corrected chi connectivity index (χ1v) is 8.31. The van der Waals surface area contributed by atoms with Crippen molar-refractivity contribution in [2.45, 2.75) is 25.7 Å². The van der Waals surface area contributed by atoms with E-state index in [1.807, 2.05) is 24.3 Å². The van der Waals surface area contributed by atoms with Gasteiger partial charge in [-0.1, -0.05) is 36.5 Å². The molecule has 0 radical (unpaired) electrons. The summed E-state index contributed by atoms with van der Waals surface area (Å²) >= 11 is 0. The van der Waals surface area contributed by atoms with E-state index in [0.717, 1.165) is 12.8 Å². The van der Waals surface area contributed by atoms with Crippen LogP contribution in [0.3, 0.4) is 0 Å². The molecule has 22 heavy (non-hydrogen) atoms. The highest BCUT2D eigenvalue weighted by atomic mass is 16.1. The smallest absolute Gasteiger partial charge is 0.147 e. The number of Topliss-reactive ketones (excluding diaryl/α,β-unsaturated/α-hetero) is 1. The molecule has 3 rings (SSSR count). The molecule has 0 aromatic carbocycles. The average molecular weight is 294 g/mol. The van der Waals surface area contributed by atoms with Crippen molar-refractivity contribution in [1.82, 2.24) is 0 Å². The number of ketones is 1. The molecule has 1 nitrogen and oxygen atoms in total. The van der Waals surface area contributed by atoms with Gasteiger partial charge in [0.1, 0.15) is 5.78 Å². The normalized spacial score (nSPS) is 40.5. The van der Waals surface area contributed by atoms with E-state index in [-0.39, 0.29) is 11.3 Å². The van der Waals surface area contributed by atoms with Gasteiger partial charge in [0.25, 0.3) is 0 Å². The largest absolute Gasteiger partial charge is 0.298 e. The van der Waals surface area contributed by atoms with Crippen molar-refractivity contribution in [3.8, 4) is 0 Å². The van der Waals surface area contributed by atoms with Gasteiger partial charge in [0.05, 0.1) is 0 Å². The highest BCUT2D eigenvalue weighted by molar-refractivity contribution is 5.95. The minimum Gasteiger partial charge on any atom is -0.298 e. The van der Waals surface area contributed by atoms with Crippen LogP contribution in [0.1, 0.15) is 25.7 Å². The van der Waals surface area contributed by atoms with E-state index in [0.29, 0.717) is 36.4 Å². The van der Waals surface area contributed by atoms with Crippen LogP contribution in [0.5, 0.6) is 0 Å². The Morgan fingerprint density at radius 1 is 1.05 bits per heavy atom. The van der Waals surface area contributed by atoms with Gasteiger partial charge in [-0.2, -0.15) is 0 Å². The quantitative estimate of drug-likeness (QED) is 0.611. The van der Waals surface area contributed by atoms with Crippen molar-refractivity contribution in [2.75, 3.05) is 0 Å². The summed E-state index contributed by atoms with van der Waals surface area (Å²) in [5.41, 5.74) is -0.673. The van der Waals surface area contributed by atoms with Crippen LogP contribution in [-0.2, 0) is 4.79 Å². The molecule has 0 aliphatic heterocycles. The Labute approximate surface area is 134 Å². The summed E-state index contributed by atoms with van der Waals surface area (Å²) < 4.78 is 0. The maximum atomic E-state index is 13.7. The summed E-state index contributed by atoms with van der Waals surface area (Å²) in [5, 5.41) is 0. The molecule has 0 spiro atoms. The van der Waals surface area contributed by atoms with Crippen molar-refractivity contribution in [2.24, 2.45) is 34.5 Å². The number of rotatable bonds is 7. The number of hydrogen-bond acceptors (Lipinski definition) is 1. The number of hydrogen-bond donors (Lipinski definition) is 0. The molecule has 1 heteroatoms. The summed E-state index contributed by atoms with van der Waals surface area (Å²) in [7, 11) is 0. The molecule has 5 atom stereocenters. The monoisotopic (exact) mass is 294 g/mol. The second kappa shape index (κ2) is 5.22. The fourth-order valence-corrected chi connectivity index (χ4v) is 5.92. The van der Waals surface area contributed by atoms with Gasteiger partial charge in [0.15, 0.2) is 0 Å². The lowest BCUT2D eigenvalue weighted by Crippen LogP contribution is -2.40. The zero-order valence-electron chi connectivity index (χ0n) is 13.3. The topological polar surface area (TPSA) is 17.1 Å². The van der Waals surface area contributed by atoms with E-state index in [9.17, 15) is 4.79 Å². The third-order valence-corrected chi connectivity index (χ3v) is 6.49. The van der Waals surface area contributed by atoms with Crippen LogP contribution < -0.4 is 0 Å². The van der Waals surface area contributed by atoms with Crippen molar-refractivity contribution < 1.29 is 4.79 Å². The number of fused-ring (bicyclic) bond motifs is 5. The molecule has 0 aromatic heterocycles. The van der Waals surface area contributed by atoms with E-state index >= 15 is 0 Å². The van der Waals surface area contributed by atoms with Gasteiger partial charge in [-0.15, -0.1) is 26.3 Å². The Balaban J connectivity index is 2.19. The van der Waals surface area contributed by atoms with Gasteiger partial charge >= 0.3 is 0 Å². The Morgan fingerprint density at radius 3 is 2.23 bits per heavy atom. The van der Waals surface area contributed by atoms with Gasteiger partial charge in [-0.05, 0) is 49.4 Å². The fraction of sp³-hybridized carbons (Fsp3) is 0.476. The molecular weight excluding hydrogens is 268 g/mol. The molecule has 2 bridgehead atoms. The lowest BCUT2D eigenvalue weighted by molar-refractivity contribution is -0.136. The third-order valence-electron chi connectivity index (χ3n) is 6.49. The minimum absolute atomic E-state index is 0.205. The van der Waals surface area contributed by atoms with E-state index < -0.39 is 5.41 Å². The first-order valence-electron chi connectivity index (χ1n) is 8.31. The SMILES string of the molecule is C=CCC1(CC=C)C(=O)[C@]2(CC=C)C3C=CC(C3)[C@@H]2[C@H]1C=C. The molecule has 2 fully saturated rings. The van der Waals surface area contributed by atoms with Crippen LogP contribution in [0.25, 0.3) is 0 Å². The molecule has 3 aliphatic rings. The molecule has 2 unspecified atom stereocenters. The minimum atomic E-state index is -0.401. The molecule has 0 aromatic rings. The molecule has 0 saturated heterocycles. The molecule has 0 N–H and O–H groups in total. The first kappa shape index (κ1) is 15.3. The second-order valence-electron chi connectivity index (χ2n) is 7.18. The number of carbonyl (C=O) groups is 1. The standard InChI is InChI=1S/C21H26O/c1-5-11-20(12-6-2)17(8-4)18-15-9-10-16(14-15)21(18,13-7-3)19(20)22/h5-10,15-18H,1-4,11-14H2/t15?,16?,17-,18-,21-/m1/s1. The predicted molar refractivity (Wildman–Crippen MR) is 92.2 cm³/mol. The van der Waals surface area contributed by atoms with E-state index in [4.69, 9.17) is 0 Å². The van der Waals surface area contributed by atoms with E-state index in [2.05, 4.69) is 38.5 Å². The van der Waals surface area contributed by atoms with Crippen LogP contribution >= 0.6 is 0 Å². The Bertz CT molecular complexity index is 556. The molecule has 0 amide bonds. The molecular formula is C21H26O. The highest BCUT2D eigenvalue weighted by Crippen LogP contribution is 2.71. The lowest BCUT2D eigenvalue weighted by atomic mass is 9.66. The Hall–Kier alpha value is -1.63. The summed E-state index contributed by atoms with van der Waals surface area (Å²) in [4.78, 5) is 13.7. The summed E-state index contributed by atoms with van der Waals surface area (Å²) in [6, 6.07) is 0. The Morgan fingerprint density at radius 2 is 1.68 bits per heavy atom. The number of carbonyl (C=O) groups excluding carboxylic acids is 1. The van der Waals surface area contributed by atoms with Crippen molar-refractivity contribution in [1.29, 1.82) is 0 Å². The summed E-state index contributed by atoms with van der Waals surface area (Å²) in [6.45, 7) is 15.9. The molecule has 116 valence electrons. The summed E-state index contributed by atoms with van der Waals surface area (Å²) in [6.07, 6.45) is 15.7. The Kier molecular flexibility index (Phi) is 3.63. The average Bonchev–Trinajstić information content (AvgIpc) is 3.13. The lowest BCUT2D eigenvalue weighted by Gasteiger charge is -2.35. The molecule has 3 aliphatic carbocycles. The van der Waals surface area contributed by atoms with Crippen LogP contribution in [-0.4, -0.2) is 5.78 Å². The van der Waals surface area contributed by atoms with Gasteiger partial charge in [0, 0.05) is 10.8 Å². The van der Waals surface area contributed by atoms with Gasteiger partial charge in [-0.25, -0.2) is 0 Å². The number of allylic oxidation sites excluding steroid dienone is 6. The van der Waals surface area contributed by atoms with Crippen LogP contribution in [0.4, 0.5) is 0 Å². The maximum Gasteiger partial charge on any atom is 0.147 e. The zero-order valence-corrected chi connectivity index (χ0v) is 13.3. The van der Waals surface area contributed by atoms with Gasteiger partial charge in [-0.3, -0.25) is 4.79 Å². The van der Waals surface area contributed by atoms with E-state index in [1.165, 1.54) is 0 Å². The second-order valence-corrected chi connectivity index (χ2v) is 7.18. The van der Waals surface area contributed by atoms with E-state index in [1.54, 1.807) is 0 Å². The maximum absolute atomic E-state index is 13.7. The molecule has 2 saturated carbocycles. The highest BCUT2D eigenvalue weighted by Gasteiger charge is 2.72. The van der Waals surface area contributed by atoms with Crippen molar-refractivity contribution in [3.63, 3.8) is 0 Å². The predicted octanol–water partition coefficient (Wildman–Crippen LogP) is 4.89. The van der Waals surface area contributed by atoms with Crippen LogP contribution in [0, 0.1) is 34.5 Å².